The van der Waals surface area contributed by atoms with Crippen LogP contribution in [0, 0.1) is 5.92 Å². The molecule has 2 heterocycles. The van der Waals surface area contributed by atoms with E-state index in [9.17, 15) is 18.0 Å². The highest BCUT2D eigenvalue weighted by Gasteiger charge is 2.37. The van der Waals surface area contributed by atoms with Gasteiger partial charge in [0.15, 0.2) is 0 Å². The summed E-state index contributed by atoms with van der Waals surface area (Å²) in [5, 5.41) is 0. The number of alkyl halides is 3. The lowest BCUT2D eigenvalue weighted by molar-refractivity contribution is -0.137. The zero-order valence-electron chi connectivity index (χ0n) is 12.7. The van der Waals surface area contributed by atoms with Crippen molar-refractivity contribution in [1.29, 1.82) is 0 Å². The van der Waals surface area contributed by atoms with Gasteiger partial charge in [0.05, 0.1) is 6.42 Å². The molecule has 0 bridgehead atoms. The topological polar surface area (TPSA) is 26.8 Å². The van der Waals surface area contributed by atoms with Gasteiger partial charge in [-0.2, -0.15) is 13.2 Å². The maximum absolute atomic E-state index is 12.3. The lowest BCUT2D eigenvalue weighted by atomic mass is 10.0. The molecule has 2 unspecified atom stereocenters. The van der Waals surface area contributed by atoms with Gasteiger partial charge in [0, 0.05) is 58.8 Å². The molecule has 0 aromatic carbocycles. The van der Waals surface area contributed by atoms with Crippen LogP contribution in [0.25, 0.3) is 0 Å². The number of nitrogens with zero attached hydrogens (tertiary/aromatic N) is 3. The largest absolute Gasteiger partial charge is 0.390 e. The molecule has 2 aliphatic rings. The smallest absolute Gasteiger partial charge is 0.340 e. The lowest BCUT2D eigenvalue weighted by Gasteiger charge is -2.39. The van der Waals surface area contributed by atoms with Gasteiger partial charge >= 0.3 is 6.18 Å². The van der Waals surface area contributed by atoms with Gasteiger partial charge in [-0.15, -0.1) is 0 Å². The molecular weight excluding hydrogens is 283 g/mol. The third-order valence-corrected chi connectivity index (χ3v) is 4.59. The summed E-state index contributed by atoms with van der Waals surface area (Å²) < 4.78 is 36.9. The van der Waals surface area contributed by atoms with Gasteiger partial charge in [-0.1, -0.05) is 6.92 Å². The molecular formula is C14H24F3N3O. The number of rotatable bonds is 3. The summed E-state index contributed by atoms with van der Waals surface area (Å²) in [5.41, 5.74) is 0. The first-order valence-corrected chi connectivity index (χ1v) is 7.55. The molecule has 0 spiro atoms. The monoisotopic (exact) mass is 307 g/mol. The summed E-state index contributed by atoms with van der Waals surface area (Å²) in [4.78, 5) is 17.4. The van der Waals surface area contributed by atoms with Crippen LogP contribution in [-0.2, 0) is 4.79 Å². The fourth-order valence-electron chi connectivity index (χ4n) is 3.36. The Hall–Kier alpha value is -0.820. The maximum Gasteiger partial charge on any atom is 0.390 e. The highest BCUT2D eigenvalue weighted by atomic mass is 19.4. The molecule has 0 radical (unpaired) electrons. The molecule has 4 nitrogen and oxygen atoms in total. The average molecular weight is 307 g/mol. The molecule has 7 heteroatoms. The minimum Gasteiger partial charge on any atom is -0.340 e. The Labute approximate surface area is 123 Å². The summed E-state index contributed by atoms with van der Waals surface area (Å²) in [6.45, 7) is 8.30. The van der Waals surface area contributed by atoms with Crippen molar-refractivity contribution >= 4 is 5.91 Å². The molecule has 2 atom stereocenters. The number of hydrogen-bond acceptors (Lipinski definition) is 3. The standard InChI is InChI=1S/C14H24F3N3O/c1-11-9-18(4-3-14(15,16)17)10-13(11)20-7-5-19(6-8-20)12(2)21/h11,13H,3-10H2,1-2H3. The Balaban J connectivity index is 1.81. The Morgan fingerprint density at radius 3 is 2.29 bits per heavy atom. The number of amides is 1. The van der Waals surface area contributed by atoms with E-state index < -0.39 is 12.6 Å². The van der Waals surface area contributed by atoms with Crippen molar-refractivity contribution in [2.24, 2.45) is 5.92 Å². The molecule has 2 saturated heterocycles. The van der Waals surface area contributed by atoms with Gasteiger partial charge in [-0.25, -0.2) is 0 Å². The van der Waals surface area contributed by atoms with Crippen LogP contribution in [0.2, 0.25) is 0 Å². The third kappa shape index (κ3) is 4.57. The molecule has 21 heavy (non-hydrogen) atoms. The molecule has 2 aliphatic heterocycles. The van der Waals surface area contributed by atoms with Crippen molar-refractivity contribution in [3.05, 3.63) is 0 Å². The van der Waals surface area contributed by atoms with Gasteiger partial charge in [0.25, 0.3) is 0 Å². The lowest BCUT2D eigenvalue weighted by Crippen LogP contribution is -2.53. The van der Waals surface area contributed by atoms with E-state index in [2.05, 4.69) is 11.8 Å². The van der Waals surface area contributed by atoms with E-state index in [1.54, 1.807) is 6.92 Å². The first kappa shape index (κ1) is 16.5. The second-order valence-electron chi connectivity index (χ2n) is 6.21. The van der Waals surface area contributed by atoms with Crippen LogP contribution >= 0.6 is 0 Å². The average Bonchev–Trinajstić information content (AvgIpc) is 2.77. The summed E-state index contributed by atoms with van der Waals surface area (Å²) in [6, 6.07) is 0.312. The molecule has 0 N–H and O–H groups in total. The fourth-order valence-corrected chi connectivity index (χ4v) is 3.36. The van der Waals surface area contributed by atoms with Crippen LogP contribution in [-0.4, -0.2) is 78.6 Å². The quantitative estimate of drug-likeness (QED) is 0.789. The van der Waals surface area contributed by atoms with Crippen LogP contribution in [0.4, 0.5) is 13.2 Å². The molecule has 0 aliphatic carbocycles. The fraction of sp³-hybridized carbons (Fsp3) is 0.929. The number of carbonyl (C=O) groups excluding carboxylic acids is 1. The molecule has 2 fully saturated rings. The van der Waals surface area contributed by atoms with Gasteiger partial charge in [0.1, 0.15) is 0 Å². The molecule has 0 aromatic heterocycles. The van der Waals surface area contributed by atoms with E-state index >= 15 is 0 Å². The molecule has 0 saturated carbocycles. The predicted octanol–water partition coefficient (Wildman–Crippen LogP) is 1.42. The predicted molar refractivity (Wildman–Crippen MR) is 73.9 cm³/mol. The number of piperazine rings is 1. The Bertz CT molecular complexity index is 367. The summed E-state index contributed by atoms with van der Waals surface area (Å²) in [6.07, 6.45) is -4.81. The first-order valence-electron chi connectivity index (χ1n) is 7.55. The van der Waals surface area contributed by atoms with Crippen molar-refractivity contribution in [2.45, 2.75) is 32.5 Å². The SMILES string of the molecule is CC(=O)N1CCN(C2CN(CCC(F)(F)F)CC2C)CC1. The highest BCUT2D eigenvalue weighted by Crippen LogP contribution is 2.26. The van der Waals surface area contributed by atoms with Crippen molar-refractivity contribution < 1.29 is 18.0 Å². The van der Waals surface area contributed by atoms with E-state index in [0.29, 0.717) is 18.5 Å². The minimum absolute atomic E-state index is 0.0950. The van der Waals surface area contributed by atoms with Crippen LogP contribution < -0.4 is 0 Å². The minimum atomic E-state index is -4.07. The third-order valence-electron chi connectivity index (χ3n) is 4.59. The Morgan fingerprint density at radius 2 is 1.76 bits per heavy atom. The van der Waals surface area contributed by atoms with Gasteiger partial charge < -0.3 is 9.80 Å². The maximum atomic E-state index is 12.3. The van der Waals surface area contributed by atoms with Gasteiger partial charge in [-0.3, -0.25) is 9.69 Å². The first-order chi connectivity index (χ1) is 9.76. The highest BCUT2D eigenvalue weighted by molar-refractivity contribution is 5.73. The normalized spacial score (nSPS) is 29.1. The number of carbonyl (C=O) groups is 1. The summed E-state index contributed by atoms with van der Waals surface area (Å²) in [5.74, 6) is 0.475. The number of hydrogen-bond donors (Lipinski definition) is 0. The zero-order valence-corrected chi connectivity index (χ0v) is 12.7. The second-order valence-corrected chi connectivity index (χ2v) is 6.21. The van der Waals surface area contributed by atoms with E-state index in [0.717, 1.165) is 32.7 Å². The molecule has 0 aromatic rings. The molecule has 122 valence electrons. The Morgan fingerprint density at radius 1 is 1.14 bits per heavy atom. The van der Waals surface area contributed by atoms with Gasteiger partial charge in [0.2, 0.25) is 5.91 Å². The van der Waals surface area contributed by atoms with Crippen molar-refractivity contribution in [1.82, 2.24) is 14.7 Å². The van der Waals surface area contributed by atoms with E-state index in [1.807, 2.05) is 9.80 Å². The van der Waals surface area contributed by atoms with Crippen LogP contribution in [0.1, 0.15) is 20.3 Å². The second kappa shape index (κ2) is 6.52. The Kier molecular flexibility index (Phi) is 5.14. The van der Waals surface area contributed by atoms with Crippen molar-refractivity contribution in [2.75, 3.05) is 45.8 Å². The summed E-state index contributed by atoms with van der Waals surface area (Å²) in [7, 11) is 0. The number of likely N-dealkylation sites (tertiary alicyclic amines) is 1. The van der Waals surface area contributed by atoms with Crippen LogP contribution in [0.3, 0.4) is 0 Å². The van der Waals surface area contributed by atoms with Gasteiger partial charge in [-0.05, 0) is 5.92 Å². The van der Waals surface area contributed by atoms with Crippen LogP contribution in [0.5, 0.6) is 0 Å². The van der Waals surface area contributed by atoms with Crippen molar-refractivity contribution in [3.63, 3.8) is 0 Å². The van der Waals surface area contributed by atoms with Crippen molar-refractivity contribution in [3.8, 4) is 0 Å². The van der Waals surface area contributed by atoms with Crippen LogP contribution in [0.15, 0.2) is 0 Å². The zero-order chi connectivity index (χ0) is 15.6. The summed E-state index contributed by atoms with van der Waals surface area (Å²) >= 11 is 0. The molecule has 1 amide bonds. The van der Waals surface area contributed by atoms with E-state index in [-0.39, 0.29) is 12.5 Å². The van der Waals surface area contributed by atoms with E-state index in [4.69, 9.17) is 0 Å². The van der Waals surface area contributed by atoms with E-state index in [1.165, 1.54) is 0 Å². The molecule has 2 rings (SSSR count). The number of halogens is 3.